The fourth-order valence-electron chi connectivity index (χ4n) is 1.24. The van der Waals surface area contributed by atoms with Gasteiger partial charge in [0, 0.05) is 6.54 Å². The van der Waals surface area contributed by atoms with E-state index >= 15 is 0 Å². The molecule has 0 bridgehead atoms. The van der Waals surface area contributed by atoms with Gasteiger partial charge in [-0.3, -0.25) is 0 Å². The summed E-state index contributed by atoms with van der Waals surface area (Å²) in [6, 6.07) is 0. The van der Waals surface area contributed by atoms with E-state index in [9.17, 15) is 0 Å². The van der Waals surface area contributed by atoms with Gasteiger partial charge in [0.1, 0.15) is 7.85 Å². The van der Waals surface area contributed by atoms with Crippen molar-refractivity contribution in [2.45, 2.75) is 19.8 Å². The van der Waals surface area contributed by atoms with Crippen LogP contribution >= 0.6 is 8.58 Å². The molecule has 1 heterocycles. The third-order valence-electron chi connectivity index (χ3n) is 2.11. The van der Waals surface area contributed by atoms with Crippen LogP contribution in [0.2, 0.25) is 0 Å². The Hall–Kier alpha value is -0.0651. The number of rotatable bonds is 5. The molecule has 0 spiro atoms. The van der Waals surface area contributed by atoms with Crippen molar-refractivity contribution in [3.05, 3.63) is 22.9 Å². The third-order valence-corrected chi connectivity index (χ3v) is 3.10. The van der Waals surface area contributed by atoms with Crippen LogP contribution in [0.4, 0.5) is 0 Å². The van der Waals surface area contributed by atoms with Gasteiger partial charge in [0.25, 0.3) is 0 Å². The zero-order valence-electron chi connectivity index (χ0n) is 8.27. The molecule has 0 fully saturated rings. The molecular weight excluding hydrogens is 176 g/mol. The van der Waals surface area contributed by atoms with Crippen molar-refractivity contribution in [2.24, 2.45) is 0 Å². The largest absolute Gasteiger partial charge is 0.313 e. The molecule has 1 unspecified atom stereocenters. The zero-order valence-corrected chi connectivity index (χ0v) is 9.27. The molecule has 1 atom stereocenters. The number of hydrogen-bond donors (Lipinski definition) is 1. The predicted molar refractivity (Wildman–Crippen MR) is 62.9 cm³/mol. The Morgan fingerprint density at radius 3 is 3.15 bits per heavy atom. The smallest absolute Gasteiger partial charge is 0.113 e. The maximum absolute atomic E-state index is 5.85. The van der Waals surface area contributed by atoms with Gasteiger partial charge in [0.05, 0.1) is 0 Å². The van der Waals surface area contributed by atoms with Gasteiger partial charge in [-0.1, -0.05) is 39.3 Å². The lowest BCUT2D eigenvalue weighted by Gasteiger charge is -2.13. The maximum Gasteiger partial charge on any atom is 0.113 e. The highest BCUT2D eigenvalue weighted by atomic mass is 31.1. The van der Waals surface area contributed by atoms with E-state index in [-0.39, 0.29) is 0 Å². The van der Waals surface area contributed by atoms with Crippen LogP contribution in [0.3, 0.4) is 0 Å². The summed E-state index contributed by atoms with van der Waals surface area (Å²) in [7, 11) is 6.77. The molecule has 0 saturated heterocycles. The van der Waals surface area contributed by atoms with Crippen LogP contribution in [0, 0.1) is 0 Å². The van der Waals surface area contributed by atoms with Gasteiger partial charge in [-0.25, -0.2) is 0 Å². The van der Waals surface area contributed by atoms with Crippen LogP contribution in [0.5, 0.6) is 0 Å². The van der Waals surface area contributed by atoms with Crippen LogP contribution in [-0.4, -0.2) is 27.1 Å². The van der Waals surface area contributed by atoms with E-state index in [1.54, 1.807) is 0 Å². The standard InChI is InChI=1S/C10H17BNP/c1-2-3-5-12-7-9-8-13-6-4-10(9)11/h4,8,12-13H,2-3,5-7H2,1H3. The van der Waals surface area contributed by atoms with Crippen molar-refractivity contribution >= 4 is 16.4 Å². The lowest BCUT2D eigenvalue weighted by molar-refractivity contribution is 0.674. The van der Waals surface area contributed by atoms with E-state index in [0.717, 1.165) is 33.3 Å². The van der Waals surface area contributed by atoms with Crippen LogP contribution in [0.25, 0.3) is 0 Å². The monoisotopic (exact) mass is 193 g/mol. The zero-order chi connectivity index (χ0) is 9.52. The van der Waals surface area contributed by atoms with E-state index in [1.165, 1.54) is 18.4 Å². The topological polar surface area (TPSA) is 12.0 Å². The highest BCUT2D eigenvalue weighted by Crippen LogP contribution is 2.23. The second kappa shape index (κ2) is 6.40. The number of nitrogens with one attached hydrogen (secondary N) is 1. The highest BCUT2D eigenvalue weighted by molar-refractivity contribution is 7.42. The Balaban J connectivity index is 2.20. The lowest BCUT2D eigenvalue weighted by atomic mass is 9.88. The molecule has 1 nitrogen and oxygen atoms in total. The van der Waals surface area contributed by atoms with Crippen molar-refractivity contribution in [1.82, 2.24) is 5.32 Å². The van der Waals surface area contributed by atoms with Crippen LogP contribution < -0.4 is 5.32 Å². The summed E-state index contributed by atoms with van der Waals surface area (Å²) >= 11 is 0. The lowest BCUT2D eigenvalue weighted by Crippen LogP contribution is -2.19. The molecule has 0 saturated carbocycles. The maximum atomic E-state index is 5.85. The van der Waals surface area contributed by atoms with Crippen LogP contribution in [0.15, 0.2) is 22.9 Å². The molecule has 0 amide bonds. The Bertz CT molecular complexity index is 211. The van der Waals surface area contributed by atoms with Gasteiger partial charge in [0.2, 0.25) is 0 Å². The van der Waals surface area contributed by atoms with Gasteiger partial charge < -0.3 is 5.32 Å². The van der Waals surface area contributed by atoms with Gasteiger partial charge in [-0.15, -0.1) is 0 Å². The average Bonchev–Trinajstić information content (AvgIpc) is 2.15. The summed E-state index contributed by atoms with van der Waals surface area (Å²) in [5.74, 6) is 2.27. The van der Waals surface area contributed by atoms with E-state index < -0.39 is 0 Å². The average molecular weight is 193 g/mol. The SMILES string of the molecule is [B]C1=CCPC=C1CNCCCC. The van der Waals surface area contributed by atoms with Crippen molar-refractivity contribution in [3.63, 3.8) is 0 Å². The Morgan fingerprint density at radius 1 is 1.62 bits per heavy atom. The minimum atomic E-state index is 0.922. The first-order valence-electron chi connectivity index (χ1n) is 4.93. The Kier molecular flexibility index (Phi) is 5.42. The van der Waals surface area contributed by atoms with Crippen molar-refractivity contribution in [3.8, 4) is 0 Å². The summed E-state index contributed by atoms with van der Waals surface area (Å²) in [4.78, 5) is 0. The van der Waals surface area contributed by atoms with E-state index in [2.05, 4.69) is 24.1 Å². The molecule has 0 aliphatic carbocycles. The number of hydrogen-bond acceptors (Lipinski definition) is 1. The molecule has 70 valence electrons. The summed E-state index contributed by atoms with van der Waals surface area (Å²) in [6.07, 6.45) is 5.76. The number of allylic oxidation sites excluding steroid dienone is 1. The quantitative estimate of drug-likeness (QED) is 0.400. The molecule has 1 N–H and O–H groups in total. The summed E-state index contributed by atoms with van der Waals surface area (Å²) in [5.41, 5.74) is 2.27. The molecule has 3 heteroatoms. The molecule has 1 aliphatic heterocycles. The van der Waals surface area contributed by atoms with E-state index in [0.29, 0.717) is 0 Å². The minimum Gasteiger partial charge on any atom is -0.313 e. The number of unbranched alkanes of at least 4 members (excludes halogenated alkanes) is 1. The molecular formula is C10H17BNP. The molecule has 2 radical (unpaired) electrons. The first kappa shape index (κ1) is 11.0. The predicted octanol–water partition coefficient (Wildman–Crippen LogP) is 2.00. The fourth-order valence-corrected chi connectivity index (χ4v) is 2.21. The summed E-state index contributed by atoms with van der Waals surface area (Å²) in [6.45, 7) is 4.25. The molecule has 0 aromatic heterocycles. The van der Waals surface area contributed by atoms with Crippen LogP contribution in [0.1, 0.15) is 19.8 Å². The Morgan fingerprint density at radius 2 is 2.46 bits per heavy atom. The highest BCUT2D eigenvalue weighted by Gasteiger charge is 2.02. The third kappa shape index (κ3) is 4.11. The summed E-state index contributed by atoms with van der Waals surface area (Å²) < 4.78 is 0. The second-order valence-electron chi connectivity index (χ2n) is 3.27. The Labute approximate surface area is 84.3 Å². The van der Waals surface area contributed by atoms with Crippen molar-refractivity contribution < 1.29 is 0 Å². The fraction of sp³-hybridized carbons (Fsp3) is 0.600. The normalized spacial score (nSPS) is 18.5. The van der Waals surface area contributed by atoms with Crippen LogP contribution in [-0.2, 0) is 0 Å². The molecule has 1 aliphatic rings. The molecule has 0 aromatic rings. The summed E-state index contributed by atoms with van der Waals surface area (Å²) in [5, 5.41) is 3.40. The molecule has 1 rings (SSSR count). The molecule has 13 heavy (non-hydrogen) atoms. The van der Waals surface area contributed by atoms with Gasteiger partial charge in [-0.05, 0) is 24.7 Å². The second-order valence-corrected chi connectivity index (χ2v) is 4.37. The minimum absolute atomic E-state index is 0.922. The first-order valence-corrected chi connectivity index (χ1v) is 6.22. The van der Waals surface area contributed by atoms with Crippen molar-refractivity contribution in [2.75, 3.05) is 19.3 Å². The van der Waals surface area contributed by atoms with E-state index in [4.69, 9.17) is 7.85 Å². The van der Waals surface area contributed by atoms with Gasteiger partial charge >= 0.3 is 0 Å². The van der Waals surface area contributed by atoms with Crippen molar-refractivity contribution in [1.29, 1.82) is 0 Å². The van der Waals surface area contributed by atoms with Gasteiger partial charge in [-0.2, -0.15) is 0 Å². The molecule has 0 aromatic carbocycles. The van der Waals surface area contributed by atoms with Gasteiger partial charge in [0.15, 0.2) is 0 Å². The van der Waals surface area contributed by atoms with E-state index in [1.807, 2.05) is 0 Å². The first-order chi connectivity index (χ1) is 6.34.